The van der Waals surface area contributed by atoms with Crippen molar-refractivity contribution in [3.63, 3.8) is 0 Å². The van der Waals surface area contributed by atoms with Crippen molar-refractivity contribution in [2.24, 2.45) is 0 Å². The highest BCUT2D eigenvalue weighted by molar-refractivity contribution is 6.01. The van der Waals surface area contributed by atoms with Crippen LogP contribution in [-0.4, -0.2) is 25.5 Å². The number of halogens is 1. The van der Waals surface area contributed by atoms with Crippen LogP contribution in [0.15, 0.2) is 55.1 Å². The van der Waals surface area contributed by atoms with Gasteiger partial charge in [0.15, 0.2) is 0 Å². The summed E-state index contributed by atoms with van der Waals surface area (Å²) in [5, 5.41) is 11.1. The third kappa shape index (κ3) is 4.63. The Morgan fingerprint density at radius 1 is 1.16 bits per heavy atom. The Labute approximate surface area is 144 Å². The Bertz CT molecular complexity index is 879. The van der Waals surface area contributed by atoms with E-state index in [0.717, 1.165) is 17.7 Å². The van der Waals surface area contributed by atoms with Crippen LogP contribution in [0.1, 0.15) is 18.1 Å². The summed E-state index contributed by atoms with van der Waals surface area (Å²) in [6.45, 7) is 3.28. The quantitative estimate of drug-likeness (QED) is 0.702. The second kappa shape index (κ2) is 7.57. The third-order valence-electron chi connectivity index (χ3n) is 3.56. The monoisotopic (exact) mass is 339 g/mol. The number of hydrogen-bond acceptors (Lipinski definition) is 3. The molecule has 2 aromatic heterocycles. The van der Waals surface area contributed by atoms with E-state index in [1.807, 2.05) is 13.1 Å². The van der Waals surface area contributed by atoms with Crippen molar-refractivity contribution in [1.29, 1.82) is 0 Å². The molecule has 0 unspecified atom stereocenters. The van der Waals surface area contributed by atoms with E-state index in [0.29, 0.717) is 12.2 Å². The molecule has 0 fully saturated rings. The van der Waals surface area contributed by atoms with E-state index >= 15 is 0 Å². The van der Waals surface area contributed by atoms with Crippen LogP contribution >= 0.6 is 0 Å². The fraction of sp³-hybridized carbons (Fsp3) is 0.167. The van der Waals surface area contributed by atoms with Crippen molar-refractivity contribution < 1.29 is 9.18 Å². The molecule has 0 saturated carbocycles. The molecule has 7 heteroatoms. The SMILES string of the molecule is CCn1cc(C=CC(=O)Nc2cnn(Cc3ccc(F)cc3)c2)cn1. The number of rotatable bonds is 6. The van der Waals surface area contributed by atoms with Crippen LogP contribution in [0.2, 0.25) is 0 Å². The number of nitrogens with one attached hydrogen (secondary N) is 1. The maximum absolute atomic E-state index is 12.9. The van der Waals surface area contributed by atoms with Crippen LogP contribution in [0.4, 0.5) is 10.1 Å². The molecule has 0 spiro atoms. The molecule has 0 bridgehead atoms. The van der Waals surface area contributed by atoms with Gasteiger partial charge in [-0.3, -0.25) is 14.2 Å². The van der Waals surface area contributed by atoms with Gasteiger partial charge in [-0.15, -0.1) is 0 Å². The van der Waals surface area contributed by atoms with Crippen LogP contribution in [0.25, 0.3) is 6.08 Å². The number of aryl methyl sites for hydroxylation is 1. The molecule has 0 aliphatic carbocycles. The number of aromatic nitrogens is 4. The van der Waals surface area contributed by atoms with Gasteiger partial charge < -0.3 is 5.32 Å². The van der Waals surface area contributed by atoms with Crippen LogP contribution in [0, 0.1) is 5.82 Å². The van der Waals surface area contributed by atoms with Crippen LogP contribution < -0.4 is 5.32 Å². The van der Waals surface area contributed by atoms with Gasteiger partial charge in [0.1, 0.15) is 5.82 Å². The second-order valence-electron chi connectivity index (χ2n) is 5.51. The minimum atomic E-state index is -0.270. The highest BCUT2D eigenvalue weighted by Gasteiger charge is 2.03. The molecule has 0 radical (unpaired) electrons. The maximum Gasteiger partial charge on any atom is 0.248 e. The first-order valence-corrected chi connectivity index (χ1v) is 7.91. The average Bonchev–Trinajstić information content (AvgIpc) is 3.24. The average molecular weight is 339 g/mol. The summed E-state index contributed by atoms with van der Waals surface area (Å²) in [4.78, 5) is 12.0. The topological polar surface area (TPSA) is 64.7 Å². The first-order chi connectivity index (χ1) is 12.1. The smallest absolute Gasteiger partial charge is 0.248 e. The van der Waals surface area contributed by atoms with Crippen LogP contribution in [0.3, 0.4) is 0 Å². The molecule has 6 nitrogen and oxygen atoms in total. The standard InChI is InChI=1S/C18H18FN5O/c1-2-23-12-15(9-20-23)5-8-18(25)22-17-10-21-24(13-17)11-14-3-6-16(19)7-4-14/h3-10,12-13H,2,11H2,1H3,(H,22,25). The number of benzene rings is 1. The lowest BCUT2D eigenvalue weighted by Crippen LogP contribution is -2.07. The molecule has 3 rings (SSSR count). The lowest BCUT2D eigenvalue weighted by Gasteiger charge is -2.01. The van der Waals surface area contributed by atoms with Crippen molar-refractivity contribution >= 4 is 17.7 Å². The molecule has 0 saturated heterocycles. The number of carbonyl (C=O) groups is 1. The van der Waals surface area contributed by atoms with E-state index in [9.17, 15) is 9.18 Å². The molecule has 0 atom stereocenters. The lowest BCUT2D eigenvalue weighted by molar-refractivity contribution is -0.111. The first-order valence-electron chi connectivity index (χ1n) is 7.91. The summed E-state index contributed by atoms with van der Waals surface area (Å²) in [6, 6.07) is 6.23. The summed E-state index contributed by atoms with van der Waals surface area (Å²) >= 11 is 0. The fourth-order valence-corrected chi connectivity index (χ4v) is 2.29. The highest BCUT2D eigenvalue weighted by atomic mass is 19.1. The minimum absolute atomic E-state index is 0.245. The summed E-state index contributed by atoms with van der Waals surface area (Å²) < 4.78 is 16.4. The summed E-state index contributed by atoms with van der Waals surface area (Å²) in [5.74, 6) is -0.515. The molecule has 3 aromatic rings. The molecule has 1 aromatic carbocycles. The molecule has 0 aliphatic rings. The molecular formula is C18H18FN5O. The van der Waals surface area contributed by atoms with Crippen LogP contribution in [0.5, 0.6) is 0 Å². The summed E-state index contributed by atoms with van der Waals surface area (Å²) in [5.41, 5.74) is 2.39. The number of anilines is 1. The predicted octanol–water partition coefficient (Wildman–Crippen LogP) is 2.94. The van der Waals surface area contributed by atoms with Crippen molar-refractivity contribution in [2.45, 2.75) is 20.0 Å². The van der Waals surface area contributed by atoms with Crippen molar-refractivity contribution in [1.82, 2.24) is 19.6 Å². The number of amides is 1. The normalized spacial score (nSPS) is 11.1. The molecule has 1 N–H and O–H groups in total. The van der Waals surface area contributed by atoms with E-state index < -0.39 is 0 Å². The largest absolute Gasteiger partial charge is 0.320 e. The Hall–Kier alpha value is -3.22. The number of nitrogens with zero attached hydrogens (tertiary/aromatic N) is 4. The van der Waals surface area contributed by atoms with Gasteiger partial charge in [0.25, 0.3) is 0 Å². The third-order valence-corrected chi connectivity index (χ3v) is 3.56. The van der Waals surface area contributed by atoms with Crippen LogP contribution in [-0.2, 0) is 17.9 Å². The summed E-state index contributed by atoms with van der Waals surface area (Å²) in [6.07, 6.45) is 10.0. The summed E-state index contributed by atoms with van der Waals surface area (Å²) in [7, 11) is 0. The van der Waals surface area contributed by atoms with E-state index in [-0.39, 0.29) is 11.7 Å². The Kier molecular flexibility index (Phi) is 5.03. The van der Waals surface area contributed by atoms with Crippen molar-refractivity contribution in [2.75, 3.05) is 5.32 Å². The van der Waals surface area contributed by atoms with Gasteiger partial charge in [-0.25, -0.2) is 4.39 Å². The van der Waals surface area contributed by atoms with Crippen molar-refractivity contribution in [3.05, 3.63) is 72.1 Å². The molecule has 25 heavy (non-hydrogen) atoms. The zero-order valence-electron chi connectivity index (χ0n) is 13.8. The maximum atomic E-state index is 12.9. The van der Waals surface area contributed by atoms with E-state index in [4.69, 9.17) is 0 Å². The Morgan fingerprint density at radius 3 is 2.64 bits per heavy atom. The molecule has 128 valence electrons. The van der Waals surface area contributed by atoms with Gasteiger partial charge in [0, 0.05) is 30.6 Å². The van der Waals surface area contributed by atoms with Gasteiger partial charge in [-0.2, -0.15) is 10.2 Å². The van der Waals surface area contributed by atoms with Gasteiger partial charge in [0.2, 0.25) is 5.91 Å². The number of carbonyl (C=O) groups excluding carboxylic acids is 1. The highest BCUT2D eigenvalue weighted by Crippen LogP contribution is 2.09. The zero-order chi connectivity index (χ0) is 17.6. The Balaban J connectivity index is 1.56. The van der Waals surface area contributed by atoms with E-state index in [1.54, 1.807) is 46.2 Å². The van der Waals surface area contributed by atoms with Gasteiger partial charge in [-0.05, 0) is 30.7 Å². The zero-order valence-corrected chi connectivity index (χ0v) is 13.8. The molecule has 2 heterocycles. The van der Waals surface area contributed by atoms with Gasteiger partial charge in [0.05, 0.1) is 24.6 Å². The first kappa shape index (κ1) is 16.6. The minimum Gasteiger partial charge on any atom is -0.320 e. The molecular weight excluding hydrogens is 321 g/mol. The van der Waals surface area contributed by atoms with Crippen molar-refractivity contribution in [3.8, 4) is 0 Å². The second-order valence-corrected chi connectivity index (χ2v) is 5.51. The van der Waals surface area contributed by atoms with Gasteiger partial charge in [-0.1, -0.05) is 12.1 Å². The number of hydrogen-bond donors (Lipinski definition) is 1. The van der Waals surface area contributed by atoms with Gasteiger partial charge >= 0.3 is 0 Å². The van der Waals surface area contributed by atoms with E-state index in [1.165, 1.54) is 18.2 Å². The fourth-order valence-electron chi connectivity index (χ4n) is 2.29. The molecule has 1 amide bonds. The lowest BCUT2D eigenvalue weighted by atomic mass is 10.2. The predicted molar refractivity (Wildman–Crippen MR) is 93.3 cm³/mol. The molecule has 0 aliphatic heterocycles. The Morgan fingerprint density at radius 2 is 1.92 bits per heavy atom. The van der Waals surface area contributed by atoms with E-state index in [2.05, 4.69) is 15.5 Å².